The quantitative estimate of drug-likeness (QED) is 0.374. The molecular formula is C25H23F3N4O2. The maximum atomic E-state index is 13.7. The molecule has 2 aromatic carbocycles. The number of nitrogens with zero attached hydrogens (tertiary/aromatic N) is 3. The standard InChI is InChI=1S/C25H23F3N4O2/c1-15-12-31(14-29-15)22-8-7-20(11-23(22)34-3)30-21-10-18(24(27)28)13-32(25(21)33)16(2)17-5-4-6-19(26)9-17/h4-14,16,24,30H,1-3H3/t16-/m0/s1. The van der Waals surface area contributed by atoms with Gasteiger partial charge in [-0.2, -0.15) is 0 Å². The summed E-state index contributed by atoms with van der Waals surface area (Å²) in [6, 6.07) is 11.3. The van der Waals surface area contributed by atoms with Gasteiger partial charge in [0.2, 0.25) is 0 Å². The van der Waals surface area contributed by atoms with Crippen LogP contribution in [-0.2, 0) is 0 Å². The molecule has 0 bridgehead atoms. The summed E-state index contributed by atoms with van der Waals surface area (Å²) >= 11 is 0. The number of aryl methyl sites for hydroxylation is 1. The molecule has 34 heavy (non-hydrogen) atoms. The Kier molecular flexibility index (Phi) is 6.45. The summed E-state index contributed by atoms with van der Waals surface area (Å²) in [4.78, 5) is 17.4. The van der Waals surface area contributed by atoms with Crippen molar-refractivity contribution in [2.75, 3.05) is 12.4 Å². The molecule has 9 heteroatoms. The van der Waals surface area contributed by atoms with E-state index in [0.29, 0.717) is 17.0 Å². The van der Waals surface area contributed by atoms with Gasteiger partial charge in [-0.15, -0.1) is 0 Å². The molecule has 0 spiro atoms. The summed E-state index contributed by atoms with van der Waals surface area (Å²) in [5.41, 5.74) is 1.65. The lowest BCUT2D eigenvalue weighted by Crippen LogP contribution is -2.26. The molecule has 0 aliphatic carbocycles. The maximum Gasteiger partial charge on any atom is 0.274 e. The van der Waals surface area contributed by atoms with Crippen molar-refractivity contribution in [3.8, 4) is 11.4 Å². The zero-order valence-electron chi connectivity index (χ0n) is 18.8. The first kappa shape index (κ1) is 23.2. The molecule has 0 aliphatic heterocycles. The molecule has 0 amide bonds. The van der Waals surface area contributed by atoms with Crippen LogP contribution in [0.15, 0.2) is 72.0 Å². The van der Waals surface area contributed by atoms with Crippen LogP contribution in [0.4, 0.5) is 24.5 Å². The normalized spacial score (nSPS) is 12.1. The van der Waals surface area contributed by atoms with Crippen molar-refractivity contribution in [2.24, 2.45) is 0 Å². The number of aromatic nitrogens is 3. The highest BCUT2D eigenvalue weighted by atomic mass is 19.3. The lowest BCUT2D eigenvalue weighted by Gasteiger charge is -2.19. The Labute approximate surface area is 194 Å². The third-order valence-electron chi connectivity index (χ3n) is 5.51. The predicted molar refractivity (Wildman–Crippen MR) is 124 cm³/mol. The number of anilines is 2. The van der Waals surface area contributed by atoms with Crippen molar-refractivity contribution in [3.63, 3.8) is 0 Å². The number of nitrogens with one attached hydrogen (secondary N) is 1. The van der Waals surface area contributed by atoms with Crippen molar-refractivity contribution in [2.45, 2.75) is 26.3 Å². The lowest BCUT2D eigenvalue weighted by molar-refractivity contribution is 0.150. The molecule has 4 rings (SSSR count). The van der Waals surface area contributed by atoms with Crippen LogP contribution in [0.1, 0.15) is 36.2 Å². The smallest absolute Gasteiger partial charge is 0.274 e. The van der Waals surface area contributed by atoms with Crippen LogP contribution in [-0.4, -0.2) is 21.2 Å². The fraction of sp³-hybridized carbons (Fsp3) is 0.200. The minimum atomic E-state index is -2.80. The number of halogens is 3. The number of pyridine rings is 1. The van der Waals surface area contributed by atoms with Gasteiger partial charge in [0.05, 0.1) is 30.9 Å². The first-order valence-electron chi connectivity index (χ1n) is 10.5. The molecule has 1 atom stereocenters. The van der Waals surface area contributed by atoms with Gasteiger partial charge < -0.3 is 19.2 Å². The summed E-state index contributed by atoms with van der Waals surface area (Å²) < 4.78 is 49.5. The highest BCUT2D eigenvalue weighted by Gasteiger charge is 2.18. The van der Waals surface area contributed by atoms with E-state index in [1.807, 2.05) is 13.1 Å². The molecule has 0 fully saturated rings. The molecule has 4 aromatic rings. The average Bonchev–Trinajstić information content (AvgIpc) is 3.25. The van der Waals surface area contributed by atoms with E-state index in [-0.39, 0.29) is 11.3 Å². The minimum absolute atomic E-state index is 0.0330. The maximum absolute atomic E-state index is 13.7. The third kappa shape index (κ3) is 4.68. The largest absolute Gasteiger partial charge is 0.494 e. The number of hydrogen-bond acceptors (Lipinski definition) is 4. The zero-order chi connectivity index (χ0) is 24.4. The zero-order valence-corrected chi connectivity index (χ0v) is 18.8. The molecule has 0 unspecified atom stereocenters. The summed E-state index contributed by atoms with van der Waals surface area (Å²) in [6.45, 7) is 3.52. The van der Waals surface area contributed by atoms with Crippen molar-refractivity contribution in [1.82, 2.24) is 14.1 Å². The fourth-order valence-electron chi connectivity index (χ4n) is 3.72. The van der Waals surface area contributed by atoms with Crippen LogP contribution < -0.4 is 15.6 Å². The molecule has 1 N–H and O–H groups in total. The van der Waals surface area contributed by atoms with Gasteiger partial charge in [-0.1, -0.05) is 12.1 Å². The summed E-state index contributed by atoms with van der Waals surface area (Å²) in [5.74, 6) is 0.0295. The van der Waals surface area contributed by atoms with Gasteiger partial charge in [0.15, 0.2) is 0 Å². The molecular weight excluding hydrogens is 445 g/mol. The molecule has 0 aliphatic rings. The number of alkyl halides is 2. The van der Waals surface area contributed by atoms with Gasteiger partial charge in [-0.05, 0) is 49.7 Å². The number of ether oxygens (including phenoxy) is 1. The number of imidazole rings is 1. The minimum Gasteiger partial charge on any atom is -0.494 e. The topological polar surface area (TPSA) is 61.1 Å². The van der Waals surface area contributed by atoms with E-state index in [4.69, 9.17) is 4.74 Å². The Balaban J connectivity index is 1.74. The second-order valence-electron chi connectivity index (χ2n) is 7.87. The summed E-state index contributed by atoms with van der Waals surface area (Å²) in [7, 11) is 1.51. The fourth-order valence-corrected chi connectivity index (χ4v) is 3.72. The monoisotopic (exact) mass is 468 g/mol. The van der Waals surface area contributed by atoms with Crippen LogP contribution in [0.2, 0.25) is 0 Å². The van der Waals surface area contributed by atoms with Crippen LogP contribution in [0, 0.1) is 12.7 Å². The molecule has 2 aromatic heterocycles. The van der Waals surface area contributed by atoms with Gasteiger partial charge in [0.25, 0.3) is 12.0 Å². The Morgan fingerprint density at radius 2 is 1.85 bits per heavy atom. The van der Waals surface area contributed by atoms with E-state index in [0.717, 1.165) is 23.6 Å². The molecule has 2 heterocycles. The second kappa shape index (κ2) is 9.46. The third-order valence-corrected chi connectivity index (χ3v) is 5.51. The van der Waals surface area contributed by atoms with E-state index >= 15 is 0 Å². The lowest BCUT2D eigenvalue weighted by atomic mass is 10.1. The van der Waals surface area contributed by atoms with E-state index in [2.05, 4.69) is 10.3 Å². The molecule has 0 saturated heterocycles. The van der Waals surface area contributed by atoms with Gasteiger partial charge in [0.1, 0.15) is 17.3 Å². The average molecular weight is 468 g/mol. The number of methoxy groups -OCH3 is 1. The van der Waals surface area contributed by atoms with Crippen molar-refractivity contribution < 1.29 is 17.9 Å². The van der Waals surface area contributed by atoms with E-state index in [1.54, 1.807) is 42.1 Å². The van der Waals surface area contributed by atoms with E-state index in [1.165, 1.54) is 29.9 Å². The van der Waals surface area contributed by atoms with E-state index in [9.17, 15) is 18.0 Å². The molecule has 0 radical (unpaired) electrons. The number of hydrogen-bond donors (Lipinski definition) is 1. The summed E-state index contributed by atoms with van der Waals surface area (Å²) in [6.07, 6.45) is 1.80. The number of benzene rings is 2. The van der Waals surface area contributed by atoms with Crippen molar-refractivity contribution in [3.05, 3.63) is 100 Å². The van der Waals surface area contributed by atoms with Crippen LogP contribution in [0.3, 0.4) is 0 Å². The first-order chi connectivity index (χ1) is 16.3. The SMILES string of the molecule is COc1cc(Nc2cc(C(F)F)cn([C@@H](C)c3cccc(F)c3)c2=O)ccc1-n1cnc(C)c1. The Hall–Kier alpha value is -4.01. The van der Waals surface area contributed by atoms with Crippen molar-refractivity contribution >= 4 is 11.4 Å². The van der Waals surface area contributed by atoms with Crippen LogP contribution in [0.25, 0.3) is 5.69 Å². The van der Waals surface area contributed by atoms with Gasteiger partial charge in [0, 0.05) is 29.7 Å². The Morgan fingerprint density at radius 1 is 1.06 bits per heavy atom. The Bertz CT molecular complexity index is 1380. The van der Waals surface area contributed by atoms with E-state index < -0.39 is 23.8 Å². The van der Waals surface area contributed by atoms with Crippen LogP contribution in [0.5, 0.6) is 5.75 Å². The number of rotatable bonds is 7. The first-order valence-corrected chi connectivity index (χ1v) is 10.5. The summed E-state index contributed by atoms with van der Waals surface area (Å²) in [5, 5.41) is 2.94. The highest BCUT2D eigenvalue weighted by Crippen LogP contribution is 2.30. The predicted octanol–water partition coefficient (Wildman–Crippen LogP) is 5.78. The molecule has 6 nitrogen and oxygen atoms in total. The van der Waals surface area contributed by atoms with Crippen molar-refractivity contribution in [1.29, 1.82) is 0 Å². The highest BCUT2D eigenvalue weighted by molar-refractivity contribution is 5.65. The van der Waals surface area contributed by atoms with Gasteiger partial charge in [-0.3, -0.25) is 4.79 Å². The van der Waals surface area contributed by atoms with Crippen LogP contribution >= 0.6 is 0 Å². The van der Waals surface area contributed by atoms with Gasteiger partial charge >= 0.3 is 0 Å². The Morgan fingerprint density at radius 3 is 2.50 bits per heavy atom. The molecule has 176 valence electrons. The second-order valence-corrected chi connectivity index (χ2v) is 7.87. The molecule has 0 saturated carbocycles. The van der Waals surface area contributed by atoms with Gasteiger partial charge in [-0.25, -0.2) is 18.2 Å².